The number of carbonyl (C=O) groups excluding carboxylic acids is 1. The number of para-hydroxylation sites is 2. The van der Waals surface area contributed by atoms with Crippen molar-refractivity contribution in [2.45, 2.75) is 25.9 Å². The second-order valence-electron chi connectivity index (χ2n) is 7.58. The number of nitrogens with one attached hydrogen (secondary N) is 2. The second-order valence-corrected chi connectivity index (χ2v) is 7.58. The van der Waals surface area contributed by atoms with Crippen LogP contribution in [0.2, 0.25) is 0 Å². The largest absolute Gasteiger partial charge is 0.494 e. The molecule has 0 saturated carbocycles. The number of hydrogen-bond donors (Lipinski definition) is 2. The van der Waals surface area contributed by atoms with Crippen LogP contribution in [0, 0.1) is 0 Å². The summed E-state index contributed by atoms with van der Waals surface area (Å²) in [6, 6.07) is 21.7. The van der Waals surface area contributed by atoms with Crippen LogP contribution in [-0.2, 0) is 6.54 Å². The molecular weight excluding hydrogens is 388 g/mol. The van der Waals surface area contributed by atoms with Crippen molar-refractivity contribution in [1.29, 1.82) is 0 Å². The third-order valence-electron chi connectivity index (χ3n) is 5.41. The zero-order valence-electron chi connectivity index (χ0n) is 17.8. The lowest BCUT2D eigenvalue weighted by Crippen LogP contribution is -2.32. The summed E-state index contributed by atoms with van der Waals surface area (Å²) in [4.78, 5) is 19.2. The Morgan fingerprint density at radius 2 is 1.90 bits per heavy atom. The predicted molar refractivity (Wildman–Crippen MR) is 124 cm³/mol. The lowest BCUT2D eigenvalue weighted by molar-refractivity contribution is 0.102. The molecule has 6 nitrogen and oxygen atoms in total. The Labute approximate surface area is 183 Å². The molecule has 2 aromatic carbocycles. The quantitative estimate of drug-likeness (QED) is 0.579. The number of ether oxygens (including phenoxy) is 1. The highest BCUT2D eigenvalue weighted by Gasteiger charge is 2.23. The Morgan fingerprint density at radius 1 is 1.10 bits per heavy atom. The van der Waals surface area contributed by atoms with Crippen molar-refractivity contribution >= 4 is 17.4 Å². The minimum Gasteiger partial charge on any atom is -0.494 e. The third-order valence-corrected chi connectivity index (χ3v) is 5.41. The second kappa shape index (κ2) is 10.1. The first-order valence-corrected chi connectivity index (χ1v) is 10.7. The van der Waals surface area contributed by atoms with E-state index in [4.69, 9.17) is 4.74 Å². The molecule has 1 aliphatic rings. The maximum atomic E-state index is 12.4. The fraction of sp³-hybridized carbons (Fsp3) is 0.280. The number of amides is 1. The lowest BCUT2D eigenvalue weighted by Gasteiger charge is -2.19. The molecular formula is C25H28N4O2. The van der Waals surface area contributed by atoms with Gasteiger partial charge in [-0.2, -0.15) is 0 Å². The van der Waals surface area contributed by atoms with Crippen LogP contribution in [0.25, 0.3) is 0 Å². The van der Waals surface area contributed by atoms with E-state index in [0.717, 1.165) is 43.3 Å². The molecule has 2 heterocycles. The molecule has 0 bridgehead atoms. The Bertz CT molecular complexity index is 992. The van der Waals surface area contributed by atoms with Crippen LogP contribution in [0.4, 0.5) is 11.5 Å². The molecule has 1 saturated heterocycles. The monoisotopic (exact) mass is 416 g/mol. The standard InChI is InChI=1S/C25H28N4O2/c1-2-31-23-11-7-6-8-19(23)16-26-22-14-15-29(18-22)24-13-12-20(17-27-24)25(30)28-21-9-4-3-5-10-21/h3-13,17,22,26H,2,14-16,18H2,1H3,(H,28,30)/t22-/m0/s1. The van der Waals surface area contributed by atoms with Crippen molar-refractivity contribution in [3.05, 3.63) is 84.1 Å². The van der Waals surface area contributed by atoms with Crippen LogP contribution in [0.15, 0.2) is 72.9 Å². The molecule has 3 aromatic rings. The maximum Gasteiger partial charge on any atom is 0.257 e. The highest BCUT2D eigenvalue weighted by Crippen LogP contribution is 2.21. The zero-order valence-corrected chi connectivity index (χ0v) is 17.8. The van der Waals surface area contributed by atoms with Gasteiger partial charge in [0, 0.05) is 43.1 Å². The van der Waals surface area contributed by atoms with E-state index < -0.39 is 0 Å². The first-order chi connectivity index (χ1) is 15.2. The van der Waals surface area contributed by atoms with Crippen LogP contribution in [0.5, 0.6) is 5.75 Å². The van der Waals surface area contributed by atoms with Crippen molar-refractivity contribution in [2.75, 3.05) is 29.9 Å². The zero-order chi connectivity index (χ0) is 21.5. The van der Waals surface area contributed by atoms with Crippen LogP contribution in [0.3, 0.4) is 0 Å². The summed E-state index contributed by atoms with van der Waals surface area (Å²) in [6.45, 7) is 5.27. The smallest absolute Gasteiger partial charge is 0.257 e. The first-order valence-electron chi connectivity index (χ1n) is 10.7. The van der Waals surface area contributed by atoms with Gasteiger partial charge < -0.3 is 20.3 Å². The van der Waals surface area contributed by atoms with E-state index >= 15 is 0 Å². The summed E-state index contributed by atoms with van der Waals surface area (Å²) in [7, 11) is 0. The van der Waals surface area contributed by atoms with Gasteiger partial charge in [0.25, 0.3) is 5.91 Å². The fourth-order valence-corrected chi connectivity index (χ4v) is 3.77. The van der Waals surface area contributed by atoms with Gasteiger partial charge in [0.1, 0.15) is 11.6 Å². The topological polar surface area (TPSA) is 66.5 Å². The van der Waals surface area contributed by atoms with Gasteiger partial charge >= 0.3 is 0 Å². The van der Waals surface area contributed by atoms with Crippen molar-refractivity contribution in [1.82, 2.24) is 10.3 Å². The molecule has 4 rings (SSSR count). The Balaban J connectivity index is 1.30. The third kappa shape index (κ3) is 5.41. The van der Waals surface area contributed by atoms with Crippen LogP contribution in [0.1, 0.15) is 29.3 Å². The summed E-state index contributed by atoms with van der Waals surface area (Å²) < 4.78 is 5.72. The van der Waals surface area contributed by atoms with E-state index in [-0.39, 0.29) is 5.91 Å². The minimum absolute atomic E-state index is 0.154. The van der Waals surface area contributed by atoms with Crippen LogP contribution >= 0.6 is 0 Å². The summed E-state index contributed by atoms with van der Waals surface area (Å²) in [5.74, 6) is 1.69. The molecule has 1 amide bonds. The van der Waals surface area contributed by atoms with Crippen molar-refractivity contribution in [2.24, 2.45) is 0 Å². The Hall–Kier alpha value is -3.38. The number of pyridine rings is 1. The first kappa shape index (κ1) is 20.9. The van der Waals surface area contributed by atoms with Crippen LogP contribution in [-0.4, -0.2) is 36.6 Å². The normalized spacial score (nSPS) is 15.6. The molecule has 1 atom stereocenters. The summed E-state index contributed by atoms with van der Waals surface area (Å²) in [6.07, 6.45) is 2.70. The molecule has 1 fully saturated rings. The number of anilines is 2. The number of aromatic nitrogens is 1. The number of rotatable bonds is 8. The Kier molecular flexibility index (Phi) is 6.79. The highest BCUT2D eigenvalue weighted by molar-refractivity contribution is 6.04. The molecule has 0 radical (unpaired) electrons. The van der Waals surface area contributed by atoms with Gasteiger partial charge in [-0.25, -0.2) is 4.98 Å². The highest BCUT2D eigenvalue weighted by atomic mass is 16.5. The molecule has 0 spiro atoms. The fourth-order valence-electron chi connectivity index (χ4n) is 3.77. The van der Waals surface area contributed by atoms with Gasteiger partial charge in [-0.3, -0.25) is 4.79 Å². The molecule has 0 aliphatic carbocycles. The van der Waals surface area contributed by atoms with Crippen molar-refractivity contribution < 1.29 is 9.53 Å². The van der Waals surface area contributed by atoms with E-state index in [0.29, 0.717) is 18.2 Å². The summed E-state index contributed by atoms with van der Waals surface area (Å²) >= 11 is 0. The van der Waals surface area contributed by atoms with E-state index in [1.807, 2.05) is 67.6 Å². The van der Waals surface area contributed by atoms with Crippen molar-refractivity contribution in [3.63, 3.8) is 0 Å². The number of benzene rings is 2. The molecule has 160 valence electrons. The minimum atomic E-state index is -0.154. The summed E-state index contributed by atoms with van der Waals surface area (Å²) in [5, 5.41) is 6.53. The number of carbonyl (C=O) groups is 1. The maximum absolute atomic E-state index is 12.4. The van der Waals surface area contributed by atoms with Gasteiger partial charge in [-0.1, -0.05) is 36.4 Å². The predicted octanol–water partition coefficient (Wildman–Crippen LogP) is 4.10. The molecule has 6 heteroatoms. The molecule has 31 heavy (non-hydrogen) atoms. The van der Waals surface area contributed by atoms with Crippen LogP contribution < -0.4 is 20.3 Å². The van der Waals surface area contributed by atoms with Crippen molar-refractivity contribution in [3.8, 4) is 5.75 Å². The molecule has 1 aliphatic heterocycles. The van der Waals surface area contributed by atoms with E-state index in [2.05, 4.69) is 26.6 Å². The number of nitrogens with zero attached hydrogens (tertiary/aromatic N) is 2. The molecule has 0 unspecified atom stereocenters. The molecule has 2 N–H and O–H groups in total. The van der Waals surface area contributed by atoms with E-state index in [1.54, 1.807) is 6.20 Å². The number of hydrogen-bond acceptors (Lipinski definition) is 5. The van der Waals surface area contributed by atoms with E-state index in [1.165, 1.54) is 5.56 Å². The SMILES string of the molecule is CCOc1ccccc1CN[C@H]1CCN(c2ccc(C(=O)Nc3ccccc3)cn2)C1. The van der Waals surface area contributed by atoms with Gasteiger partial charge in [0.2, 0.25) is 0 Å². The van der Waals surface area contributed by atoms with E-state index in [9.17, 15) is 4.79 Å². The van der Waals surface area contributed by atoms with Gasteiger partial charge in [-0.15, -0.1) is 0 Å². The Morgan fingerprint density at radius 3 is 2.68 bits per heavy atom. The van der Waals surface area contributed by atoms with Gasteiger partial charge in [0.15, 0.2) is 0 Å². The molecule has 1 aromatic heterocycles. The average Bonchev–Trinajstić information content (AvgIpc) is 3.29. The van der Waals surface area contributed by atoms with Gasteiger partial charge in [0.05, 0.1) is 12.2 Å². The van der Waals surface area contributed by atoms with Gasteiger partial charge in [-0.05, 0) is 43.7 Å². The lowest BCUT2D eigenvalue weighted by atomic mass is 10.2. The summed E-state index contributed by atoms with van der Waals surface area (Å²) in [5.41, 5.74) is 2.50. The average molecular weight is 417 g/mol.